The minimum atomic E-state index is -3.85. The SMILES string of the molecule is CC(C(=O)N(C)C)n1cnc(S(=O)(=O)Cl)c1. The van der Waals surface area contributed by atoms with E-state index >= 15 is 0 Å². The third kappa shape index (κ3) is 2.73. The van der Waals surface area contributed by atoms with E-state index in [4.69, 9.17) is 10.7 Å². The molecule has 8 heteroatoms. The second kappa shape index (κ2) is 4.42. The quantitative estimate of drug-likeness (QED) is 0.745. The summed E-state index contributed by atoms with van der Waals surface area (Å²) in [4.78, 5) is 16.6. The van der Waals surface area contributed by atoms with Crippen LogP contribution in [0.3, 0.4) is 0 Å². The maximum atomic E-state index is 11.6. The van der Waals surface area contributed by atoms with Gasteiger partial charge in [-0.3, -0.25) is 4.79 Å². The van der Waals surface area contributed by atoms with Crippen LogP contribution in [0.5, 0.6) is 0 Å². The molecule has 0 saturated heterocycles. The number of carbonyl (C=O) groups is 1. The van der Waals surface area contributed by atoms with Crippen molar-refractivity contribution in [1.82, 2.24) is 14.5 Å². The fourth-order valence-electron chi connectivity index (χ4n) is 1.16. The van der Waals surface area contributed by atoms with E-state index in [1.807, 2.05) is 0 Å². The van der Waals surface area contributed by atoms with Crippen LogP contribution < -0.4 is 0 Å². The standard InChI is InChI=1S/C8H12ClN3O3S/c1-6(8(13)11(2)3)12-4-7(10-5-12)16(9,14)15/h4-6H,1-3H3. The van der Waals surface area contributed by atoms with Crippen LogP contribution in [0, 0.1) is 0 Å². The van der Waals surface area contributed by atoms with E-state index in [1.54, 1.807) is 21.0 Å². The van der Waals surface area contributed by atoms with Crippen molar-refractivity contribution in [2.24, 2.45) is 0 Å². The van der Waals surface area contributed by atoms with Crippen LogP contribution >= 0.6 is 10.7 Å². The number of imidazole rings is 1. The van der Waals surface area contributed by atoms with Gasteiger partial charge in [-0.15, -0.1) is 0 Å². The Hall–Kier alpha value is -1.08. The number of carbonyl (C=O) groups excluding carboxylic acids is 1. The summed E-state index contributed by atoms with van der Waals surface area (Å²) in [7, 11) is 4.51. The van der Waals surface area contributed by atoms with E-state index in [0.29, 0.717) is 0 Å². The molecular formula is C8H12ClN3O3S. The highest BCUT2D eigenvalue weighted by Crippen LogP contribution is 2.15. The molecule has 1 atom stereocenters. The summed E-state index contributed by atoms with van der Waals surface area (Å²) in [6.45, 7) is 1.65. The molecule has 90 valence electrons. The molecule has 1 amide bonds. The second-order valence-corrected chi connectivity index (χ2v) is 6.02. The van der Waals surface area contributed by atoms with Crippen molar-refractivity contribution in [1.29, 1.82) is 0 Å². The van der Waals surface area contributed by atoms with Gasteiger partial charge >= 0.3 is 0 Å². The molecule has 0 aromatic carbocycles. The molecular weight excluding hydrogens is 254 g/mol. The van der Waals surface area contributed by atoms with Gasteiger partial charge in [0.25, 0.3) is 9.05 Å². The van der Waals surface area contributed by atoms with Crippen molar-refractivity contribution in [2.75, 3.05) is 14.1 Å². The summed E-state index contributed by atoms with van der Waals surface area (Å²) in [6.07, 6.45) is 2.50. The first-order valence-electron chi connectivity index (χ1n) is 4.43. The van der Waals surface area contributed by atoms with Gasteiger partial charge in [0, 0.05) is 31.0 Å². The highest BCUT2D eigenvalue weighted by molar-refractivity contribution is 8.13. The van der Waals surface area contributed by atoms with E-state index in [-0.39, 0.29) is 10.9 Å². The summed E-state index contributed by atoms with van der Waals surface area (Å²) in [5.74, 6) is -0.157. The Morgan fingerprint density at radius 3 is 2.50 bits per heavy atom. The van der Waals surface area contributed by atoms with E-state index in [1.165, 1.54) is 22.0 Å². The average molecular weight is 266 g/mol. The topological polar surface area (TPSA) is 72.3 Å². The first-order valence-corrected chi connectivity index (χ1v) is 6.73. The molecule has 0 bridgehead atoms. The first kappa shape index (κ1) is 13.0. The van der Waals surface area contributed by atoms with Gasteiger partial charge in [-0.05, 0) is 6.92 Å². The number of likely N-dealkylation sites (N-methyl/N-ethyl adjacent to an activating group) is 1. The zero-order valence-electron chi connectivity index (χ0n) is 9.08. The molecule has 0 N–H and O–H groups in total. The second-order valence-electron chi connectivity index (χ2n) is 3.51. The number of halogens is 1. The summed E-state index contributed by atoms with van der Waals surface area (Å²) in [6, 6.07) is -0.519. The normalized spacial score (nSPS) is 13.5. The van der Waals surface area contributed by atoms with E-state index < -0.39 is 15.1 Å². The number of rotatable bonds is 3. The maximum Gasteiger partial charge on any atom is 0.280 e. The van der Waals surface area contributed by atoms with Crippen molar-refractivity contribution in [3.63, 3.8) is 0 Å². The summed E-state index contributed by atoms with van der Waals surface area (Å²) < 4.78 is 23.3. The Labute approximate surface area is 98.2 Å². The van der Waals surface area contributed by atoms with Crippen LogP contribution in [-0.4, -0.2) is 42.9 Å². The van der Waals surface area contributed by atoms with Crippen LogP contribution in [0.15, 0.2) is 17.6 Å². The summed E-state index contributed by atoms with van der Waals surface area (Å²) in [5, 5.41) is -0.257. The molecule has 0 radical (unpaired) electrons. The van der Waals surface area contributed by atoms with Gasteiger partial charge in [0.15, 0.2) is 5.03 Å². The van der Waals surface area contributed by atoms with Crippen LogP contribution in [0.4, 0.5) is 0 Å². The predicted octanol–water partition coefficient (Wildman–Crippen LogP) is 0.460. The molecule has 0 aliphatic carbocycles. The number of hydrogen-bond donors (Lipinski definition) is 0. The Kier molecular flexibility index (Phi) is 3.59. The number of hydrogen-bond acceptors (Lipinski definition) is 4. The zero-order chi connectivity index (χ0) is 12.5. The fourth-order valence-corrected chi connectivity index (χ4v) is 1.82. The molecule has 1 unspecified atom stereocenters. The van der Waals surface area contributed by atoms with Gasteiger partial charge < -0.3 is 9.47 Å². The molecule has 0 spiro atoms. The molecule has 16 heavy (non-hydrogen) atoms. The van der Waals surface area contributed by atoms with Crippen LogP contribution in [0.2, 0.25) is 0 Å². The van der Waals surface area contributed by atoms with Gasteiger partial charge in [0.05, 0.1) is 6.33 Å². The molecule has 0 saturated carbocycles. The molecule has 1 aromatic heterocycles. The lowest BCUT2D eigenvalue weighted by Crippen LogP contribution is -2.29. The van der Waals surface area contributed by atoms with E-state index in [2.05, 4.69) is 4.98 Å². The van der Waals surface area contributed by atoms with Gasteiger partial charge in [-0.2, -0.15) is 0 Å². The lowest BCUT2D eigenvalue weighted by molar-refractivity contribution is -0.131. The molecule has 1 aromatic rings. The van der Waals surface area contributed by atoms with E-state index in [9.17, 15) is 13.2 Å². The lowest BCUT2D eigenvalue weighted by atomic mass is 10.3. The Morgan fingerprint density at radius 1 is 1.56 bits per heavy atom. The maximum absolute atomic E-state index is 11.6. The van der Waals surface area contributed by atoms with Gasteiger partial charge in [-0.1, -0.05) is 0 Å². The molecule has 0 aliphatic heterocycles. The summed E-state index contributed by atoms with van der Waals surface area (Å²) >= 11 is 0. The van der Waals surface area contributed by atoms with Crippen LogP contribution in [0.1, 0.15) is 13.0 Å². The third-order valence-electron chi connectivity index (χ3n) is 2.07. The molecule has 0 fully saturated rings. The predicted molar refractivity (Wildman–Crippen MR) is 58.7 cm³/mol. The van der Waals surface area contributed by atoms with Crippen molar-refractivity contribution < 1.29 is 13.2 Å². The molecule has 6 nitrogen and oxygen atoms in total. The lowest BCUT2D eigenvalue weighted by Gasteiger charge is -2.17. The van der Waals surface area contributed by atoms with Gasteiger partial charge in [0.2, 0.25) is 5.91 Å². The Balaban J connectivity index is 2.99. The van der Waals surface area contributed by atoms with Crippen LogP contribution in [0.25, 0.3) is 0 Å². The average Bonchev–Trinajstić information content (AvgIpc) is 2.63. The Morgan fingerprint density at radius 2 is 2.12 bits per heavy atom. The minimum absolute atomic E-state index is 0.157. The number of amides is 1. The number of aromatic nitrogens is 2. The summed E-state index contributed by atoms with van der Waals surface area (Å²) in [5.41, 5.74) is 0. The smallest absolute Gasteiger partial charge is 0.280 e. The fraction of sp³-hybridized carbons (Fsp3) is 0.500. The van der Waals surface area contributed by atoms with Gasteiger partial charge in [0.1, 0.15) is 6.04 Å². The van der Waals surface area contributed by atoms with Crippen molar-refractivity contribution in [2.45, 2.75) is 18.0 Å². The van der Waals surface area contributed by atoms with E-state index in [0.717, 1.165) is 0 Å². The Bertz CT molecular complexity index is 494. The monoisotopic (exact) mass is 265 g/mol. The van der Waals surface area contributed by atoms with Gasteiger partial charge in [-0.25, -0.2) is 13.4 Å². The van der Waals surface area contributed by atoms with Crippen molar-refractivity contribution >= 4 is 25.6 Å². The molecule has 1 heterocycles. The minimum Gasteiger partial charge on any atom is -0.347 e. The number of nitrogens with zero attached hydrogens (tertiary/aromatic N) is 3. The third-order valence-corrected chi connectivity index (χ3v) is 3.26. The zero-order valence-corrected chi connectivity index (χ0v) is 10.7. The molecule has 1 rings (SSSR count). The first-order chi connectivity index (χ1) is 7.23. The molecule has 0 aliphatic rings. The largest absolute Gasteiger partial charge is 0.347 e. The van der Waals surface area contributed by atoms with Crippen molar-refractivity contribution in [3.05, 3.63) is 12.5 Å². The van der Waals surface area contributed by atoms with Crippen molar-refractivity contribution in [3.8, 4) is 0 Å². The highest BCUT2D eigenvalue weighted by Gasteiger charge is 2.20. The van der Waals surface area contributed by atoms with Crippen LogP contribution in [-0.2, 0) is 13.8 Å². The highest BCUT2D eigenvalue weighted by atomic mass is 35.7.